The molecule has 6 nitrogen and oxygen atoms in total. The van der Waals surface area contributed by atoms with Gasteiger partial charge in [-0.15, -0.1) is 0 Å². The minimum Gasteiger partial charge on any atom is -0.376 e. The molecule has 0 bridgehead atoms. The predicted molar refractivity (Wildman–Crippen MR) is 86.0 cm³/mol. The van der Waals surface area contributed by atoms with E-state index < -0.39 is 4.92 Å². The van der Waals surface area contributed by atoms with Crippen molar-refractivity contribution in [2.75, 3.05) is 17.2 Å². The molecule has 0 aromatic heterocycles. The van der Waals surface area contributed by atoms with E-state index in [1.54, 1.807) is 12.1 Å². The minimum absolute atomic E-state index is 0.0129. The third kappa shape index (κ3) is 4.31. The van der Waals surface area contributed by atoms with Crippen molar-refractivity contribution in [2.45, 2.75) is 13.3 Å². The van der Waals surface area contributed by atoms with Crippen molar-refractivity contribution in [1.82, 2.24) is 0 Å². The summed E-state index contributed by atoms with van der Waals surface area (Å²) >= 11 is 0. The number of non-ortho nitro benzene ring substituents is 1. The van der Waals surface area contributed by atoms with Gasteiger partial charge in [-0.3, -0.25) is 14.9 Å². The van der Waals surface area contributed by atoms with Crippen LogP contribution in [0.2, 0.25) is 0 Å². The number of anilines is 2. The Kier molecular flexibility index (Phi) is 5.08. The monoisotopic (exact) mass is 299 g/mol. The Morgan fingerprint density at radius 3 is 2.59 bits per heavy atom. The van der Waals surface area contributed by atoms with Gasteiger partial charge in [0.25, 0.3) is 5.69 Å². The summed E-state index contributed by atoms with van der Waals surface area (Å²) in [4.78, 5) is 22.1. The molecule has 0 aliphatic heterocycles. The van der Waals surface area contributed by atoms with Gasteiger partial charge in [-0.1, -0.05) is 25.1 Å². The second kappa shape index (κ2) is 7.21. The zero-order valence-corrected chi connectivity index (χ0v) is 12.2. The van der Waals surface area contributed by atoms with Gasteiger partial charge in [0.05, 0.1) is 11.5 Å². The maximum absolute atomic E-state index is 11.9. The Balaban J connectivity index is 1.92. The molecule has 0 saturated heterocycles. The molecule has 0 fully saturated rings. The summed E-state index contributed by atoms with van der Waals surface area (Å²) in [6, 6.07) is 13.7. The number of nitrogens with zero attached hydrogens (tertiary/aromatic N) is 1. The first kappa shape index (κ1) is 15.5. The molecule has 114 valence electrons. The highest BCUT2D eigenvalue weighted by Crippen LogP contribution is 2.17. The fraction of sp³-hybridized carbons (Fsp3) is 0.188. The average Bonchev–Trinajstić information content (AvgIpc) is 2.53. The van der Waals surface area contributed by atoms with E-state index in [4.69, 9.17) is 0 Å². The number of nitrogens with one attached hydrogen (secondary N) is 2. The van der Waals surface area contributed by atoms with E-state index in [1.165, 1.54) is 12.1 Å². The molecule has 1 amide bonds. The molecule has 0 spiro atoms. The van der Waals surface area contributed by atoms with Crippen LogP contribution in [-0.4, -0.2) is 17.4 Å². The number of benzene rings is 2. The van der Waals surface area contributed by atoms with Crippen LogP contribution in [0, 0.1) is 10.1 Å². The molecule has 2 aromatic carbocycles. The molecule has 2 aromatic rings. The zero-order chi connectivity index (χ0) is 15.9. The molecular weight excluding hydrogens is 282 g/mol. The summed E-state index contributed by atoms with van der Waals surface area (Å²) in [5, 5.41) is 16.4. The van der Waals surface area contributed by atoms with Crippen LogP contribution in [0.3, 0.4) is 0 Å². The molecule has 0 unspecified atom stereocenters. The van der Waals surface area contributed by atoms with Gasteiger partial charge >= 0.3 is 0 Å². The fourth-order valence-electron chi connectivity index (χ4n) is 1.99. The Morgan fingerprint density at radius 2 is 1.86 bits per heavy atom. The van der Waals surface area contributed by atoms with Crippen LogP contribution in [0.5, 0.6) is 0 Å². The van der Waals surface area contributed by atoms with Crippen LogP contribution in [0.25, 0.3) is 0 Å². The normalized spacial score (nSPS) is 10.0. The van der Waals surface area contributed by atoms with Crippen molar-refractivity contribution < 1.29 is 9.72 Å². The van der Waals surface area contributed by atoms with Gasteiger partial charge in [0, 0.05) is 23.5 Å². The van der Waals surface area contributed by atoms with Crippen molar-refractivity contribution in [1.29, 1.82) is 0 Å². The van der Waals surface area contributed by atoms with E-state index >= 15 is 0 Å². The average molecular weight is 299 g/mol. The van der Waals surface area contributed by atoms with Crippen LogP contribution in [-0.2, 0) is 11.2 Å². The number of hydrogen-bond donors (Lipinski definition) is 2. The van der Waals surface area contributed by atoms with Crippen molar-refractivity contribution in [3.63, 3.8) is 0 Å². The van der Waals surface area contributed by atoms with Gasteiger partial charge in [0.2, 0.25) is 5.91 Å². The third-order valence-corrected chi connectivity index (χ3v) is 3.13. The SMILES string of the molecule is CCc1cccc(NC(=O)CNc2cccc([N+](=O)[O-])c2)c1. The molecule has 0 saturated carbocycles. The fourth-order valence-corrected chi connectivity index (χ4v) is 1.99. The molecule has 0 aliphatic rings. The molecule has 22 heavy (non-hydrogen) atoms. The quantitative estimate of drug-likeness (QED) is 0.633. The number of carbonyl (C=O) groups excluding carboxylic acids is 1. The van der Waals surface area contributed by atoms with Gasteiger partial charge in [0.1, 0.15) is 0 Å². The molecule has 2 rings (SSSR count). The third-order valence-electron chi connectivity index (χ3n) is 3.13. The first-order valence-electron chi connectivity index (χ1n) is 6.95. The van der Waals surface area contributed by atoms with Crippen molar-refractivity contribution >= 4 is 23.0 Å². The minimum atomic E-state index is -0.471. The number of nitro groups is 1. The van der Waals surface area contributed by atoms with Gasteiger partial charge in [-0.2, -0.15) is 0 Å². The van der Waals surface area contributed by atoms with Gasteiger partial charge in [-0.05, 0) is 30.2 Å². The summed E-state index contributed by atoms with van der Waals surface area (Å²) < 4.78 is 0. The van der Waals surface area contributed by atoms with Crippen molar-refractivity contribution in [3.05, 3.63) is 64.2 Å². The Labute approximate surface area is 128 Å². The summed E-state index contributed by atoms with van der Waals surface area (Å²) in [6.45, 7) is 2.09. The molecule has 0 radical (unpaired) electrons. The Morgan fingerprint density at radius 1 is 1.14 bits per heavy atom. The summed E-state index contributed by atoms with van der Waals surface area (Å²) in [5.41, 5.74) is 2.40. The molecule has 0 atom stereocenters. The number of amides is 1. The maximum atomic E-state index is 11.9. The van der Waals surface area contributed by atoms with Gasteiger partial charge < -0.3 is 10.6 Å². The molecule has 0 heterocycles. The van der Waals surface area contributed by atoms with E-state index in [9.17, 15) is 14.9 Å². The van der Waals surface area contributed by atoms with E-state index in [0.29, 0.717) is 5.69 Å². The summed E-state index contributed by atoms with van der Waals surface area (Å²) in [7, 11) is 0. The number of hydrogen-bond acceptors (Lipinski definition) is 4. The van der Waals surface area contributed by atoms with Gasteiger partial charge in [-0.25, -0.2) is 0 Å². The van der Waals surface area contributed by atoms with E-state index in [1.807, 2.05) is 31.2 Å². The van der Waals surface area contributed by atoms with Gasteiger partial charge in [0.15, 0.2) is 0 Å². The van der Waals surface area contributed by atoms with E-state index in [2.05, 4.69) is 10.6 Å². The van der Waals surface area contributed by atoms with Crippen molar-refractivity contribution in [3.8, 4) is 0 Å². The lowest BCUT2D eigenvalue weighted by atomic mass is 10.1. The lowest BCUT2D eigenvalue weighted by molar-refractivity contribution is -0.384. The Hall–Kier alpha value is -2.89. The highest BCUT2D eigenvalue weighted by Gasteiger charge is 2.07. The predicted octanol–water partition coefficient (Wildman–Crippen LogP) is 3.21. The smallest absolute Gasteiger partial charge is 0.271 e. The summed E-state index contributed by atoms with van der Waals surface area (Å²) in [6.07, 6.45) is 0.898. The van der Waals surface area contributed by atoms with Crippen LogP contribution in [0.15, 0.2) is 48.5 Å². The largest absolute Gasteiger partial charge is 0.376 e. The lowest BCUT2D eigenvalue weighted by Crippen LogP contribution is -2.21. The number of carbonyl (C=O) groups is 1. The number of aryl methyl sites for hydroxylation is 1. The van der Waals surface area contributed by atoms with Crippen LogP contribution in [0.4, 0.5) is 17.1 Å². The highest BCUT2D eigenvalue weighted by molar-refractivity contribution is 5.93. The topological polar surface area (TPSA) is 84.3 Å². The second-order valence-corrected chi connectivity index (χ2v) is 4.76. The number of nitro benzene ring substituents is 1. The Bertz CT molecular complexity index is 686. The molecule has 6 heteroatoms. The zero-order valence-electron chi connectivity index (χ0n) is 12.2. The number of rotatable bonds is 6. The molecule has 0 aliphatic carbocycles. The van der Waals surface area contributed by atoms with Crippen LogP contribution >= 0.6 is 0 Å². The standard InChI is InChI=1S/C16H17N3O3/c1-2-12-5-3-7-14(9-12)18-16(20)11-17-13-6-4-8-15(10-13)19(21)22/h3-10,17H,2,11H2,1H3,(H,18,20). The first-order valence-corrected chi connectivity index (χ1v) is 6.95. The summed E-state index contributed by atoms with van der Waals surface area (Å²) in [5.74, 6) is -0.209. The molecule has 2 N–H and O–H groups in total. The lowest BCUT2D eigenvalue weighted by Gasteiger charge is -2.08. The van der Waals surface area contributed by atoms with E-state index in [-0.39, 0.29) is 18.1 Å². The second-order valence-electron chi connectivity index (χ2n) is 4.76. The highest BCUT2D eigenvalue weighted by atomic mass is 16.6. The first-order chi connectivity index (χ1) is 10.6. The maximum Gasteiger partial charge on any atom is 0.271 e. The van der Waals surface area contributed by atoms with E-state index in [0.717, 1.165) is 17.7 Å². The molecular formula is C16H17N3O3. The van der Waals surface area contributed by atoms with Crippen LogP contribution in [0.1, 0.15) is 12.5 Å². The van der Waals surface area contributed by atoms with Crippen molar-refractivity contribution in [2.24, 2.45) is 0 Å². The van der Waals surface area contributed by atoms with Crippen LogP contribution < -0.4 is 10.6 Å².